The van der Waals surface area contributed by atoms with Crippen molar-refractivity contribution in [1.29, 1.82) is 0 Å². The average molecular weight is 807 g/mol. The minimum atomic E-state index is 0.611. The normalized spacial score (nSPS) is 11.8. The molecule has 13 aromatic rings. The molecule has 294 valence electrons. The second-order valence-corrected chi connectivity index (χ2v) is 15.9. The van der Waals surface area contributed by atoms with Gasteiger partial charge >= 0.3 is 0 Å². The molecule has 0 fully saturated rings. The summed E-state index contributed by atoms with van der Waals surface area (Å²) >= 11 is 0. The monoisotopic (exact) mass is 806 g/mol. The third-order valence-electron chi connectivity index (χ3n) is 12.2. The van der Waals surface area contributed by atoms with E-state index in [2.05, 4.69) is 144 Å². The van der Waals surface area contributed by atoms with Crippen LogP contribution in [-0.4, -0.2) is 19.5 Å². The molecule has 0 unspecified atom stereocenters. The van der Waals surface area contributed by atoms with Gasteiger partial charge < -0.3 is 13.4 Å². The number of para-hydroxylation sites is 2. The molecule has 4 heterocycles. The van der Waals surface area contributed by atoms with E-state index in [-0.39, 0.29) is 0 Å². The largest absolute Gasteiger partial charge is 0.456 e. The zero-order valence-corrected chi connectivity index (χ0v) is 33.7. The van der Waals surface area contributed by atoms with Crippen LogP contribution in [0.4, 0.5) is 0 Å². The van der Waals surface area contributed by atoms with Crippen LogP contribution in [0.2, 0.25) is 0 Å². The smallest absolute Gasteiger partial charge is 0.164 e. The van der Waals surface area contributed by atoms with Gasteiger partial charge in [0.25, 0.3) is 0 Å². The lowest BCUT2D eigenvalue weighted by molar-refractivity contribution is 0.669. The minimum absolute atomic E-state index is 0.611. The zero-order chi connectivity index (χ0) is 41.4. The van der Waals surface area contributed by atoms with Crippen LogP contribution >= 0.6 is 0 Å². The standard InChI is InChI=1S/C57H34N4O2/c1-4-14-35(15-5-1)55-58-56(36-16-6-2-7-17-36)60-57(59-55)40-19-12-18-39(32-40)42-23-13-25-51-52(42)46-34-38(27-31-50(46)62-51)37-26-29-47-45(33-37)53-48(61(47)41-20-8-3-9-21-41)30-28-44-43-22-10-11-24-49(43)63-54(44)53/h1-34H. The zero-order valence-electron chi connectivity index (χ0n) is 33.7. The van der Waals surface area contributed by atoms with E-state index in [4.69, 9.17) is 23.8 Å². The molecule has 9 aromatic carbocycles. The van der Waals surface area contributed by atoms with Gasteiger partial charge in [-0.25, -0.2) is 15.0 Å². The van der Waals surface area contributed by atoms with E-state index in [0.717, 1.165) is 110 Å². The van der Waals surface area contributed by atoms with E-state index in [1.807, 2.05) is 66.7 Å². The molecule has 6 nitrogen and oxygen atoms in total. The number of benzene rings is 9. The van der Waals surface area contributed by atoms with Crippen LogP contribution in [0.3, 0.4) is 0 Å². The lowest BCUT2D eigenvalue weighted by atomic mass is 9.96. The summed E-state index contributed by atoms with van der Waals surface area (Å²) in [6, 6.07) is 71.5. The molecule has 0 N–H and O–H groups in total. The van der Waals surface area contributed by atoms with Crippen molar-refractivity contribution in [2.24, 2.45) is 0 Å². The summed E-state index contributed by atoms with van der Waals surface area (Å²) in [4.78, 5) is 15.0. The van der Waals surface area contributed by atoms with E-state index in [1.54, 1.807) is 0 Å². The molecule has 4 aromatic heterocycles. The summed E-state index contributed by atoms with van der Waals surface area (Å²) in [5, 5.41) is 6.58. The number of hydrogen-bond donors (Lipinski definition) is 0. The van der Waals surface area contributed by atoms with Gasteiger partial charge in [-0.2, -0.15) is 0 Å². The summed E-state index contributed by atoms with van der Waals surface area (Å²) in [5.74, 6) is 1.87. The summed E-state index contributed by atoms with van der Waals surface area (Å²) in [6.07, 6.45) is 0. The van der Waals surface area contributed by atoms with E-state index >= 15 is 0 Å². The maximum Gasteiger partial charge on any atom is 0.164 e. The van der Waals surface area contributed by atoms with Gasteiger partial charge in [-0.15, -0.1) is 0 Å². The summed E-state index contributed by atoms with van der Waals surface area (Å²) in [5.41, 5.74) is 13.9. The molecule has 63 heavy (non-hydrogen) atoms. The Morgan fingerprint density at radius 1 is 0.317 bits per heavy atom. The Labute approximate surface area is 361 Å². The fraction of sp³-hybridized carbons (Fsp3) is 0. The SMILES string of the molecule is c1ccc(-c2nc(-c3ccccc3)nc(-c3cccc(-c4cccc5oc6ccc(-c7ccc8c(c7)c7c9oc%10ccccc%10c9ccc7n8-c7ccccc7)cc6c45)c3)n2)cc1. The molecule has 0 aliphatic heterocycles. The van der Waals surface area contributed by atoms with Crippen LogP contribution in [0.1, 0.15) is 0 Å². The van der Waals surface area contributed by atoms with Crippen molar-refractivity contribution < 1.29 is 8.83 Å². The topological polar surface area (TPSA) is 69.9 Å². The van der Waals surface area contributed by atoms with Gasteiger partial charge in [-0.05, 0) is 89.0 Å². The van der Waals surface area contributed by atoms with Gasteiger partial charge in [0.05, 0.1) is 16.4 Å². The van der Waals surface area contributed by atoms with Gasteiger partial charge in [0.1, 0.15) is 22.3 Å². The lowest BCUT2D eigenvalue weighted by Gasteiger charge is -2.10. The predicted molar refractivity (Wildman–Crippen MR) is 256 cm³/mol. The van der Waals surface area contributed by atoms with Crippen LogP contribution in [0.15, 0.2) is 215 Å². The second kappa shape index (κ2) is 14.0. The van der Waals surface area contributed by atoms with Gasteiger partial charge in [-0.3, -0.25) is 0 Å². The molecule has 0 bridgehead atoms. The van der Waals surface area contributed by atoms with Gasteiger partial charge in [-0.1, -0.05) is 140 Å². The van der Waals surface area contributed by atoms with Crippen LogP contribution in [0.25, 0.3) is 128 Å². The molecule has 0 aliphatic rings. The minimum Gasteiger partial charge on any atom is -0.456 e. The van der Waals surface area contributed by atoms with Gasteiger partial charge in [0, 0.05) is 49.3 Å². The molecule has 6 heteroatoms. The highest BCUT2D eigenvalue weighted by Gasteiger charge is 2.21. The molecular formula is C57H34N4O2. The quantitative estimate of drug-likeness (QED) is 0.167. The van der Waals surface area contributed by atoms with Crippen molar-refractivity contribution in [3.8, 4) is 62.1 Å². The molecular weight excluding hydrogens is 773 g/mol. The molecule has 0 aliphatic carbocycles. The first-order valence-corrected chi connectivity index (χ1v) is 21.1. The second-order valence-electron chi connectivity index (χ2n) is 15.9. The Hall–Kier alpha value is -8.61. The average Bonchev–Trinajstić information content (AvgIpc) is 4.04. The third kappa shape index (κ3) is 5.69. The molecule has 0 radical (unpaired) electrons. The van der Waals surface area contributed by atoms with E-state index in [0.29, 0.717) is 17.5 Å². The Morgan fingerprint density at radius 3 is 1.65 bits per heavy atom. The van der Waals surface area contributed by atoms with E-state index in [9.17, 15) is 0 Å². The maximum absolute atomic E-state index is 6.67. The number of furan rings is 2. The highest BCUT2D eigenvalue weighted by Crippen LogP contribution is 2.43. The van der Waals surface area contributed by atoms with Crippen molar-refractivity contribution in [3.05, 3.63) is 206 Å². The van der Waals surface area contributed by atoms with Crippen molar-refractivity contribution in [2.45, 2.75) is 0 Å². The van der Waals surface area contributed by atoms with Crippen molar-refractivity contribution in [3.63, 3.8) is 0 Å². The van der Waals surface area contributed by atoms with Crippen molar-refractivity contribution in [1.82, 2.24) is 19.5 Å². The van der Waals surface area contributed by atoms with E-state index in [1.165, 1.54) is 0 Å². The molecule has 0 amide bonds. The first-order chi connectivity index (χ1) is 31.2. The number of aromatic nitrogens is 4. The number of rotatable bonds is 6. The predicted octanol–water partition coefficient (Wildman–Crippen LogP) is 15.1. The third-order valence-corrected chi connectivity index (χ3v) is 12.2. The Kier molecular flexibility index (Phi) is 7.80. The number of hydrogen-bond acceptors (Lipinski definition) is 5. The maximum atomic E-state index is 6.67. The Morgan fingerprint density at radius 2 is 0.889 bits per heavy atom. The first kappa shape index (κ1) is 35.2. The van der Waals surface area contributed by atoms with Crippen molar-refractivity contribution >= 4 is 65.7 Å². The van der Waals surface area contributed by atoms with Crippen LogP contribution in [0.5, 0.6) is 0 Å². The highest BCUT2D eigenvalue weighted by atomic mass is 16.3. The Balaban J connectivity index is 0.968. The Bertz CT molecular complexity index is 3850. The fourth-order valence-electron chi connectivity index (χ4n) is 9.33. The molecule has 13 rings (SSSR count). The molecule has 0 saturated heterocycles. The van der Waals surface area contributed by atoms with Crippen LogP contribution in [-0.2, 0) is 0 Å². The molecule has 0 spiro atoms. The van der Waals surface area contributed by atoms with E-state index < -0.39 is 0 Å². The fourth-order valence-corrected chi connectivity index (χ4v) is 9.33. The molecule has 0 saturated carbocycles. The summed E-state index contributed by atoms with van der Waals surface area (Å²) < 4.78 is 15.6. The van der Waals surface area contributed by atoms with Gasteiger partial charge in [0.2, 0.25) is 0 Å². The summed E-state index contributed by atoms with van der Waals surface area (Å²) in [7, 11) is 0. The van der Waals surface area contributed by atoms with Crippen molar-refractivity contribution in [2.75, 3.05) is 0 Å². The van der Waals surface area contributed by atoms with Gasteiger partial charge in [0.15, 0.2) is 17.5 Å². The lowest BCUT2D eigenvalue weighted by Crippen LogP contribution is -2.00. The number of fused-ring (bicyclic) bond motifs is 10. The summed E-state index contributed by atoms with van der Waals surface area (Å²) in [6.45, 7) is 0. The van der Waals surface area contributed by atoms with Crippen LogP contribution < -0.4 is 0 Å². The first-order valence-electron chi connectivity index (χ1n) is 21.1. The van der Waals surface area contributed by atoms with Crippen LogP contribution in [0, 0.1) is 0 Å². The molecule has 0 atom stereocenters. The highest BCUT2D eigenvalue weighted by molar-refractivity contribution is 6.24. The number of nitrogens with zero attached hydrogens (tertiary/aromatic N) is 4.